The van der Waals surface area contributed by atoms with E-state index in [1.165, 1.54) is 16.9 Å². The van der Waals surface area contributed by atoms with Gasteiger partial charge < -0.3 is 28.6 Å². The normalized spacial score (nSPS) is 15.6. The number of aryl methyl sites for hydroxylation is 1. The second kappa shape index (κ2) is 22.5. The van der Waals surface area contributed by atoms with Gasteiger partial charge in [-0.25, -0.2) is 4.85 Å². The Morgan fingerprint density at radius 1 is 0.887 bits per heavy atom. The predicted octanol–water partition coefficient (Wildman–Crippen LogP) is 8.21. The van der Waals surface area contributed by atoms with Crippen LogP contribution in [0.15, 0.2) is 58.8 Å². The van der Waals surface area contributed by atoms with Gasteiger partial charge in [0.1, 0.15) is 23.5 Å². The molecule has 0 bridgehead atoms. The van der Waals surface area contributed by atoms with Crippen LogP contribution < -0.4 is 4.90 Å². The standard InChI is InChI=1S/C40H49N5O7S/c1-29-26-33(14-15-36(29)43-44-39-38(42-4)30(2)37(27-41)53-39)45(28-32-10-6-5-7-11-32)16-17-48-18-19-49-20-21-50-22-23-51-24-25-52-40(47)35-13-9-8-12-34(35)31(3)46/h5-7,10-11,14-15,26,34-35H,8-9,12-13,16-25,28H2,1-3H3. The van der Waals surface area contributed by atoms with Crippen LogP contribution in [0.25, 0.3) is 4.85 Å². The van der Waals surface area contributed by atoms with E-state index < -0.39 is 0 Å². The van der Waals surface area contributed by atoms with Crippen molar-refractivity contribution in [1.82, 2.24) is 0 Å². The highest BCUT2D eigenvalue weighted by Gasteiger charge is 2.34. The molecule has 2 atom stereocenters. The molecule has 282 valence electrons. The lowest BCUT2D eigenvalue weighted by Crippen LogP contribution is -2.33. The van der Waals surface area contributed by atoms with Gasteiger partial charge >= 0.3 is 5.97 Å². The summed E-state index contributed by atoms with van der Waals surface area (Å²) in [7, 11) is 0. The molecular formula is C40H49N5O7S. The number of azo groups is 1. The number of ether oxygens (including phenoxy) is 5. The minimum atomic E-state index is -0.326. The van der Waals surface area contributed by atoms with Crippen LogP contribution in [0.3, 0.4) is 0 Å². The molecule has 53 heavy (non-hydrogen) atoms. The first kappa shape index (κ1) is 41.3. The number of nitriles is 1. The fourth-order valence-electron chi connectivity index (χ4n) is 6.09. The van der Waals surface area contributed by atoms with Gasteiger partial charge in [-0.15, -0.1) is 11.3 Å². The number of hydrogen-bond donors (Lipinski definition) is 0. The quantitative estimate of drug-likeness (QED) is 0.0432. The number of carbonyl (C=O) groups excluding carboxylic acids is 2. The molecule has 1 aliphatic carbocycles. The molecule has 0 aliphatic heterocycles. The number of nitrogens with zero attached hydrogens (tertiary/aromatic N) is 5. The van der Waals surface area contributed by atoms with E-state index in [1.807, 2.05) is 37.3 Å². The molecule has 0 N–H and O–H groups in total. The average Bonchev–Trinajstić information content (AvgIpc) is 3.49. The van der Waals surface area contributed by atoms with Gasteiger partial charge in [0.05, 0.1) is 75.9 Å². The smallest absolute Gasteiger partial charge is 0.309 e. The molecule has 1 saturated carbocycles. The molecule has 2 aromatic carbocycles. The highest BCUT2D eigenvalue weighted by Crippen LogP contribution is 2.42. The summed E-state index contributed by atoms with van der Waals surface area (Å²) >= 11 is 1.18. The molecule has 1 fully saturated rings. The number of ketones is 1. The van der Waals surface area contributed by atoms with Crippen LogP contribution in [0.1, 0.15) is 54.2 Å². The van der Waals surface area contributed by atoms with Gasteiger partial charge in [0.2, 0.25) is 5.69 Å². The van der Waals surface area contributed by atoms with Crippen molar-refractivity contribution in [1.29, 1.82) is 5.26 Å². The van der Waals surface area contributed by atoms with Crippen LogP contribution in [0.2, 0.25) is 0 Å². The molecule has 1 aromatic heterocycles. The molecule has 1 aliphatic rings. The number of rotatable bonds is 22. The highest BCUT2D eigenvalue weighted by molar-refractivity contribution is 7.17. The number of anilines is 1. The van der Waals surface area contributed by atoms with E-state index in [4.69, 9.17) is 30.3 Å². The third kappa shape index (κ3) is 13.1. The second-order valence-corrected chi connectivity index (χ2v) is 13.7. The van der Waals surface area contributed by atoms with E-state index in [2.05, 4.69) is 44.2 Å². The zero-order chi connectivity index (χ0) is 37.8. The van der Waals surface area contributed by atoms with E-state index >= 15 is 0 Å². The Kier molecular flexibility index (Phi) is 17.5. The molecule has 0 amide bonds. The van der Waals surface area contributed by atoms with Crippen LogP contribution in [-0.4, -0.2) is 77.8 Å². The van der Waals surface area contributed by atoms with Crippen LogP contribution in [0.5, 0.6) is 0 Å². The van der Waals surface area contributed by atoms with Gasteiger partial charge in [0, 0.05) is 24.7 Å². The molecule has 3 aromatic rings. The van der Waals surface area contributed by atoms with Gasteiger partial charge in [0.25, 0.3) is 0 Å². The maximum atomic E-state index is 12.4. The van der Waals surface area contributed by atoms with Gasteiger partial charge in [0.15, 0.2) is 0 Å². The molecule has 1 heterocycles. The van der Waals surface area contributed by atoms with Crippen LogP contribution in [0.4, 0.5) is 22.1 Å². The summed E-state index contributed by atoms with van der Waals surface area (Å²) in [6.07, 6.45) is 3.41. The first-order valence-corrected chi connectivity index (χ1v) is 18.8. The maximum Gasteiger partial charge on any atom is 0.309 e. The zero-order valence-corrected chi connectivity index (χ0v) is 31.7. The average molecular weight is 744 g/mol. The lowest BCUT2D eigenvalue weighted by molar-refractivity contribution is -0.155. The Hall–Kier alpha value is -4.50. The van der Waals surface area contributed by atoms with Crippen molar-refractivity contribution < 1.29 is 33.3 Å². The molecular weight excluding hydrogens is 695 g/mol. The van der Waals surface area contributed by atoms with E-state index in [0.29, 0.717) is 92.6 Å². The largest absolute Gasteiger partial charge is 0.463 e. The summed E-state index contributed by atoms with van der Waals surface area (Å²) in [6, 6.07) is 18.4. The van der Waals surface area contributed by atoms with E-state index in [1.54, 1.807) is 13.8 Å². The van der Waals surface area contributed by atoms with E-state index in [9.17, 15) is 14.9 Å². The van der Waals surface area contributed by atoms with Crippen molar-refractivity contribution in [3.05, 3.63) is 81.5 Å². The molecule has 12 nitrogen and oxygen atoms in total. The molecule has 2 unspecified atom stereocenters. The SMILES string of the molecule is [C-]#[N+]c1c(N=Nc2ccc(N(CCOCCOCCOCCOCCOC(=O)C3CCCCC3C(C)=O)Cc3ccccc3)cc2C)sc(C#N)c1C. The molecule has 0 spiro atoms. The molecule has 13 heteroatoms. The number of benzene rings is 2. The number of carbonyl (C=O) groups is 2. The summed E-state index contributed by atoms with van der Waals surface area (Å²) < 4.78 is 28.0. The van der Waals surface area contributed by atoms with Crippen LogP contribution in [-0.2, 0) is 39.8 Å². The fraction of sp³-hybridized carbons (Fsp3) is 0.500. The molecule has 0 radical (unpaired) electrons. The van der Waals surface area contributed by atoms with E-state index in [-0.39, 0.29) is 36.8 Å². The second-order valence-electron chi connectivity index (χ2n) is 12.7. The molecule has 4 rings (SSSR count). The minimum Gasteiger partial charge on any atom is -0.463 e. The van der Waals surface area contributed by atoms with Gasteiger partial charge in [-0.3, -0.25) is 9.59 Å². The Bertz CT molecular complexity index is 1730. The number of Topliss-reactive ketones (excluding diaryl/α,β-unsaturated/α-hetero) is 1. The van der Waals surface area contributed by atoms with Crippen molar-refractivity contribution in [2.75, 3.05) is 70.9 Å². The van der Waals surface area contributed by atoms with Crippen LogP contribution >= 0.6 is 11.3 Å². The summed E-state index contributed by atoms with van der Waals surface area (Å²) in [5, 5.41) is 18.5. The Labute approximate surface area is 316 Å². The van der Waals surface area contributed by atoms with Crippen LogP contribution in [0, 0.1) is 43.6 Å². The van der Waals surface area contributed by atoms with E-state index in [0.717, 1.165) is 30.5 Å². The van der Waals surface area contributed by atoms with Gasteiger partial charge in [-0.2, -0.15) is 15.5 Å². The minimum absolute atomic E-state index is 0.0651. The zero-order valence-electron chi connectivity index (χ0n) is 30.9. The monoisotopic (exact) mass is 743 g/mol. The fourth-order valence-corrected chi connectivity index (χ4v) is 6.96. The Morgan fingerprint density at radius 3 is 2.11 bits per heavy atom. The summed E-state index contributed by atoms with van der Waals surface area (Å²) in [6.45, 7) is 17.7. The summed E-state index contributed by atoms with van der Waals surface area (Å²) in [5.41, 5.74) is 4.84. The summed E-state index contributed by atoms with van der Waals surface area (Å²) in [4.78, 5) is 30.5. The third-order valence-electron chi connectivity index (χ3n) is 9.01. The third-order valence-corrected chi connectivity index (χ3v) is 10.1. The Morgan fingerprint density at radius 2 is 1.51 bits per heavy atom. The van der Waals surface area contributed by atoms with Gasteiger partial charge in [-0.05, 0) is 68.5 Å². The topological polar surface area (TPSA) is 136 Å². The van der Waals surface area contributed by atoms with Crippen molar-refractivity contribution >= 4 is 45.2 Å². The first-order valence-electron chi connectivity index (χ1n) is 18.0. The van der Waals surface area contributed by atoms with Crippen molar-refractivity contribution in [2.45, 2.75) is 53.0 Å². The maximum absolute atomic E-state index is 12.4. The van der Waals surface area contributed by atoms with Crippen molar-refractivity contribution in [3.63, 3.8) is 0 Å². The summed E-state index contributed by atoms with van der Waals surface area (Å²) in [5.74, 6) is -0.772. The lowest BCUT2D eigenvalue weighted by Gasteiger charge is -2.27. The predicted molar refractivity (Wildman–Crippen MR) is 203 cm³/mol. The first-order chi connectivity index (χ1) is 25.8. The Balaban J connectivity index is 1.11. The number of thiophene rings is 1. The van der Waals surface area contributed by atoms with Crippen molar-refractivity contribution in [3.8, 4) is 6.07 Å². The molecule has 0 saturated heterocycles. The van der Waals surface area contributed by atoms with Crippen molar-refractivity contribution in [2.24, 2.45) is 22.1 Å². The lowest BCUT2D eigenvalue weighted by atomic mass is 9.77. The van der Waals surface area contributed by atoms with Gasteiger partial charge in [-0.1, -0.05) is 43.2 Å². The number of esters is 1. The highest BCUT2D eigenvalue weighted by atomic mass is 32.1. The number of hydrogen-bond acceptors (Lipinski definition) is 12.